The Hall–Kier alpha value is -2.66. The molecule has 11 heteroatoms. The smallest absolute Gasteiger partial charge is 0.401 e. The molecule has 0 saturated carbocycles. The van der Waals surface area contributed by atoms with Crippen LogP contribution in [0.15, 0.2) is 30.3 Å². The van der Waals surface area contributed by atoms with E-state index in [1.165, 1.54) is 4.90 Å². The van der Waals surface area contributed by atoms with E-state index in [9.17, 15) is 32.7 Å². The number of hydrogen-bond donors (Lipinski definition) is 3. The van der Waals surface area contributed by atoms with E-state index in [1.807, 2.05) is 30.3 Å². The number of nitrogens with one attached hydrogen (secondary N) is 1. The standard InChI is InChI=1S/C23H32F3N3O5/c24-23(25,26)15-28-13-5-4-9-17(27)20(30)29-14-6-10-18(29)22(33)34-19(21(31)32)12-11-16-7-2-1-3-8-16/h1-3,7-8,17-19,28H,4-6,9-15,27H2,(H,31,32)/t17-,18-,19-/m0/s1. The zero-order chi connectivity index (χ0) is 25.1. The van der Waals surface area contributed by atoms with Gasteiger partial charge in [-0.1, -0.05) is 36.8 Å². The number of carbonyl (C=O) groups excluding carboxylic acids is 2. The summed E-state index contributed by atoms with van der Waals surface area (Å²) in [7, 11) is 0. The van der Waals surface area contributed by atoms with Gasteiger partial charge in [0.25, 0.3) is 0 Å². The van der Waals surface area contributed by atoms with Crippen molar-refractivity contribution in [3.63, 3.8) is 0 Å². The summed E-state index contributed by atoms with van der Waals surface area (Å²) in [6.07, 6.45) is -3.04. The third-order valence-corrected chi connectivity index (χ3v) is 5.64. The number of rotatable bonds is 13. The van der Waals surface area contributed by atoms with E-state index in [4.69, 9.17) is 10.5 Å². The summed E-state index contributed by atoms with van der Waals surface area (Å²) in [6, 6.07) is 7.43. The normalized spacial score (nSPS) is 17.9. The highest BCUT2D eigenvalue weighted by Gasteiger charge is 2.38. The SMILES string of the molecule is N[C@@H](CCCCNCC(F)(F)F)C(=O)N1CCC[C@H]1C(=O)O[C@@H](CCc1ccccc1)C(=O)O. The number of hydrogen-bond acceptors (Lipinski definition) is 6. The van der Waals surface area contributed by atoms with Crippen molar-refractivity contribution in [1.82, 2.24) is 10.2 Å². The van der Waals surface area contributed by atoms with Crippen molar-refractivity contribution >= 4 is 17.8 Å². The number of benzene rings is 1. The molecule has 0 bridgehead atoms. The summed E-state index contributed by atoms with van der Waals surface area (Å²) in [4.78, 5) is 38.4. The number of aliphatic carboxylic acids is 1. The fourth-order valence-electron chi connectivity index (χ4n) is 3.85. The Morgan fingerprint density at radius 3 is 2.53 bits per heavy atom. The Morgan fingerprint density at radius 1 is 1.18 bits per heavy atom. The van der Waals surface area contributed by atoms with Gasteiger partial charge in [-0.3, -0.25) is 4.79 Å². The first kappa shape index (κ1) is 27.6. The first-order valence-corrected chi connectivity index (χ1v) is 11.4. The molecule has 1 aromatic rings. The van der Waals surface area contributed by atoms with Crippen molar-refractivity contribution in [2.45, 2.75) is 69.3 Å². The predicted molar refractivity (Wildman–Crippen MR) is 118 cm³/mol. The van der Waals surface area contributed by atoms with Gasteiger partial charge >= 0.3 is 18.1 Å². The minimum absolute atomic E-state index is 0.105. The van der Waals surface area contributed by atoms with Crippen molar-refractivity contribution in [1.29, 1.82) is 0 Å². The van der Waals surface area contributed by atoms with Crippen molar-refractivity contribution in [3.05, 3.63) is 35.9 Å². The third kappa shape index (κ3) is 9.30. The molecule has 0 aliphatic carbocycles. The van der Waals surface area contributed by atoms with E-state index in [-0.39, 0.29) is 19.4 Å². The minimum Gasteiger partial charge on any atom is -0.479 e. The van der Waals surface area contributed by atoms with Gasteiger partial charge in [-0.15, -0.1) is 0 Å². The van der Waals surface area contributed by atoms with Crippen LogP contribution in [0.3, 0.4) is 0 Å². The molecule has 190 valence electrons. The summed E-state index contributed by atoms with van der Waals surface area (Å²) >= 11 is 0. The molecule has 0 radical (unpaired) electrons. The first-order valence-electron chi connectivity index (χ1n) is 11.4. The van der Waals surface area contributed by atoms with Gasteiger partial charge in [0, 0.05) is 6.54 Å². The van der Waals surface area contributed by atoms with Crippen LogP contribution in [0, 0.1) is 0 Å². The summed E-state index contributed by atoms with van der Waals surface area (Å²) in [5, 5.41) is 11.7. The summed E-state index contributed by atoms with van der Waals surface area (Å²) < 4.78 is 41.6. The largest absolute Gasteiger partial charge is 0.479 e. The van der Waals surface area contributed by atoms with E-state index < -0.39 is 48.8 Å². The van der Waals surface area contributed by atoms with Crippen molar-refractivity contribution in [2.24, 2.45) is 5.73 Å². The monoisotopic (exact) mass is 487 g/mol. The van der Waals surface area contributed by atoms with Gasteiger partial charge in [0.05, 0.1) is 12.6 Å². The van der Waals surface area contributed by atoms with E-state index in [2.05, 4.69) is 5.32 Å². The maximum atomic E-state index is 12.8. The van der Waals surface area contributed by atoms with E-state index in [1.54, 1.807) is 0 Å². The number of carboxylic acid groups (broad SMARTS) is 1. The predicted octanol–water partition coefficient (Wildman–Crippen LogP) is 2.26. The molecule has 34 heavy (non-hydrogen) atoms. The van der Waals surface area contributed by atoms with Gasteiger partial charge in [-0.25, -0.2) is 9.59 Å². The number of nitrogens with zero attached hydrogens (tertiary/aromatic N) is 1. The van der Waals surface area contributed by atoms with Crippen LogP contribution in [0.25, 0.3) is 0 Å². The maximum Gasteiger partial charge on any atom is 0.401 e. The number of nitrogens with two attached hydrogens (primary N) is 1. The Labute approximate surface area is 196 Å². The highest BCUT2D eigenvalue weighted by Crippen LogP contribution is 2.22. The third-order valence-electron chi connectivity index (χ3n) is 5.64. The Bertz CT molecular complexity index is 807. The zero-order valence-corrected chi connectivity index (χ0v) is 18.9. The van der Waals surface area contributed by atoms with Crippen LogP contribution in [0.1, 0.15) is 44.1 Å². The van der Waals surface area contributed by atoms with Gasteiger partial charge < -0.3 is 25.8 Å². The van der Waals surface area contributed by atoms with Crippen LogP contribution >= 0.6 is 0 Å². The molecule has 0 unspecified atom stereocenters. The number of esters is 1. The first-order chi connectivity index (χ1) is 16.1. The number of aryl methyl sites for hydroxylation is 1. The number of unbranched alkanes of at least 4 members (excludes halogenated alkanes) is 1. The number of ether oxygens (including phenoxy) is 1. The molecule has 2 rings (SSSR count). The number of amides is 1. The Kier molecular flexibility index (Phi) is 10.8. The average molecular weight is 488 g/mol. The fourth-order valence-corrected chi connectivity index (χ4v) is 3.85. The minimum atomic E-state index is -4.27. The Morgan fingerprint density at radius 2 is 1.88 bits per heavy atom. The summed E-state index contributed by atoms with van der Waals surface area (Å²) in [5.41, 5.74) is 6.89. The second-order valence-corrected chi connectivity index (χ2v) is 8.37. The molecule has 0 aromatic heterocycles. The lowest BCUT2D eigenvalue weighted by Crippen LogP contribution is -2.49. The van der Waals surface area contributed by atoms with Crippen molar-refractivity contribution < 1.29 is 37.4 Å². The number of alkyl halides is 3. The number of carbonyl (C=O) groups is 3. The van der Waals surface area contributed by atoms with Crippen LogP contribution in [0.4, 0.5) is 13.2 Å². The highest BCUT2D eigenvalue weighted by molar-refractivity contribution is 5.89. The second-order valence-electron chi connectivity index (χ2n) is 8.37. The van der Waals surface area contributed by atoms with Crippen LogP contribution in [0.2, 0.25) is 0 Å². The topological polar surface area (TPSA) is 122 Å². The zero-order valence-electron chi connectivity index (χ0n) is 18.9. The Balaban J connectivity index is 1.81. The van der Waals surface area contributed by atoms with Crippen LogP contribution in [-0.2, 0) is 25.5 Å². The van der Waals surface area contributed by atoms with Gasteiger partial charge in [-0.05, 0) is 50.6 Å². The molecular formula is C23H32F3N3O5. The van der Waals surface area contributed by atoms with Crippen LogP contribution in [0.5, 0.6) is 0 Å². The molecule has 3 atom stereocenters. The van der Waals surface area contributed by atoms with E-state index in [0.717, 1.165) is 5.56 Å². The molecule has 1 aromatic carbocycles. The maximum absolute atomic E-state index is 12.8. The van der Waals surface area contributed by atoms with Gasteiger partial charge in [-0.2, -0.15) is 13.2 Å². The number of halogens is 3. The lowest BCUT2D eigenvalue weighted by Gasteiger charge is -2.27. The quantitative estimate of drug-likeness (QED) is 0.288. The van der Waals surface area contributed by atoms with Gasteiger partial charge in [0.2, 0.25) is 5.91 Å². The highest BCUT2D eigenvalue weighted by atomic mass is 19.4. The lowest BCUT2D eigenvalue weighted by atomic mass is 10.1. The van der Waals surface area contributed by atoms with Crippen molar-refractivity contribution in [2.75, 3.05) is 19.6 Å². The molecule has 1 aliphatic heterocycles. The molecule has 1 saturated heterocycles. The molecule has 1 aliphatic rings. The molecule has 1 fully saturated rings. The molecular weight excluding hydrogens is 455 g/mol. The molecule has 4 N–H and O–H groups in total. The van der Waals surface area contributed by atoms with Crippen molar-refractivity contribution in [3.8, 4) is 0 Å². The van der Waals surface area contributed by atoms with E-state index >= 15 is 0 Å². The van der Waals surface area contributed by atoms with E-state index in [0.29, 0.717) is 38.6 Å². The number of carboxylic acids is 1. The molecule has 8 nitrogen and oxygen atoms in total. The summed E-state index contributed by atoms with van der Waals surface area (Å²) in [5.74, 6) is -2.47. The second kappa shape index (κ2) is 13.3. The molecule has 1 amide bonds. The molecule has 1 heterocycles. The summed E-state index contributed by atoms with van der Waals surface area (Å²) in [6.45, 7) is -0.613. The van der Waals surface area contributed by atoms with Gasteiger partial charge in [0.1, 0.15) is 6.04 Å². The van der Waals surface area contributed by atoms with Crippen LogP contribution < -0.4 is 11.1 Å². The van der Waals surface area contributed by atoms with Crippen LogP contribution in [-0.4, -0.2) is 71.9 Å². The molecule has 0 spiro atoms. The fraction of sp³-hybridized carbons (Fsp3) is 0.609. The number of likely N-dealkylation sites (tertiary alicyclic amines) is 1. The van der Waals surface area contributed by atoms with Gasteiger partial charge in [0.15, 0.2) is 6.10 Å². The lowest BCUT2D eigenvalue weighted by molar-refractivity contribution is -0.168. The average Bonchev–Trinajstić information content (AvgIpc) is 3.28.